The summed E-state index contributed by atoms with van der Waals surface area (Å²) < 4.78 is 9.56. The summed E-state index contributed by atoms with van der Waals surface area (Å²) >= 11 is 0. The normalized spacial score (nSPS) is 14.3. The molecule has 1 rings (SSSR count). The molecule has 0 spiro atoms. The van der Waals surface area contributed by atoms with Gasteiger partial charge in [0.1, 0.15) is 18.8 Å². The van der Waals surface area contributed by atoms with Crippen molar-refractivity contribution in [1.29, 1.82) is 0 Å². The monoisotopic (exact) mass is 274 g/mol. The third-order valence-corrected chi connectivity index (χ3v) is 2.01. The minimum Gasteiger partial charge on any atom is -0.612 e. The molecule has 0 heterocycles. The van der Waals surface area contributed by atoms with Crippen molar-refractivity contribution in [3.8, 4) is 0 Å². The fraction of sp³-hybridized carbons (Fsp3) is 0.214. The van der Waals surface area contributed by atoms with Crippen molar-refractivity contribution >= 4 is 5.97 Å². The van der Waals surface area contributed by atoms with Gasteiger partial charge in [0.15, 0.2) is 0 Å². The standard InChI is InChI=1S/C14H14N2O4/c1-3-9-20-14(18)11-7-5-6-8-12(11)16-15-10-13(17)19-4-2/h3,6-8,10H,1,4,9H2,2H3. The van der Waals surface area contributed by atoms with Gasteiger partial charge in [0.2, 0.25) is 11.3 Å². The fourth-order valence-corrected chi connectivity index (χ4v) is 1.20. The van der Waals surface area contributed by atoms with Crippen LogP contribution in [0.5, 0.6) is 0 Å². The fourth-order valence-electron chi connectivity index (χ4n) is 1.20. The van der Waals surface area contributed by atoms with E-state index in [1.54, 1.807) is 13.0 Å². The van der Waals surface area contributed by atoms with Crippen molar-refractivity contribution in [2.75, 3.05) is 13.2 Å². The molecule has 1 aliphatic carbocycles. The van der Waals surface area contributed by atoms with Gasteiger partial charge in [-0.05, 0) is 6.61 Å². The van der Waals surface area contributed by atoms with Gasteiger partial charge < -0.3 is 14.6 Å². The Hall–Kier alpha value is -2.72. The first-order valence-electron chi connectivity index (χ1n) is 5.88. The first kappa shape index (κ1) is 15.3. The third kappa shape index (κ3) is 4.88. The van der Waals surface area contributed by atoms with Gasteiger partial charge in [-0.25, -0.2) is 4.79 Å². The Kier molecular flexibility index (Phi) is 6.44. The Bertz CT molecular complexity index is 513. The van der Waals surface area contributed by atoms with E-state index >= 15 is 0 Å². The van der Waals surface area contributed by atoms with Crippen LogP contribution in [-0.2, 0) is 14.3 Å². The highest BCUT2D eigenvalue weighted by molar-refractivity contribution is 5.93. The smallest absolute Gasteiger partial charge is 0.399 e. The molecule has 0 N–H and O–H groups in total. The number of esters is 1. The van der Waals surface area contributed by atoms with Crippen LogP contribution in [-0.4, -0.2) is 19.2 Å². The van der Waals surface area contributed by atoms with Crippen molar-refractivity contribution in [2.24, 2.45) is 10.2 Å². The minimum absolute atomic E-state index is 0.0965. The first-order valence-corrected chi connectivity index (χ1v) is 5.88. The van der Waals surface area contributed by atoms with Crippen molar-refractivity contribution in [1.82, 2.24) is 0 Å². The Morgan fingerprint density at radius 3 is 3.05 bits per heavy atom. The molecule has 0 saturated carbocycles. The molecule has 0 fully saturated rings. The number of ether oxygens (including phenoxy) is 2. The zero-order chi connectivity index (χ0) is 14.8. The molecule has 0 radical (unpaired) electrons. The molecule has 0 unspecified atom stereocenters. The van der Waals surface area contributed by atoms with Crippen LogP contribution in [0.15, 0.2) is 64.5 Å². The van der Waals surface area contributed by atoms with Crippen LogP contribution in [0, 0.1) is 6.08 Å². The van der Waals surface area contributed by atoms with Crippen LogP contribution in [0.1, 0.15) is 6.92 Å². The molecular weight excluding hydrogens is 260 g/mol. The van der Waals surface area contributed by atoms with E-state index in [1.165, 1.54) is 18.2 Å². The molecule has 20 heavy (non-hydrogen) atoms. The predicted molar refractivity (Wildman–Crippen MR) is 69.7 cm³/mol. The molecule has 0 aliphatic heterocycles. The Balaban J connectivity index is 2.84. The molecule has 0 bridgehead atoms. The summed E-state index contributed by atoms with van der Waals surface area (Å²) in [5.41, 5.74) is 0.480. The predicted octanol–water partition coefficient (Wildman–Crippen LogP) is 1.55. The van der Waals surface area contributed by atoms with Gasteiger partial charge in [-0.15, -0.1) is 5.11 Å². The molecule has 0 aromatic rings. The zero-order valence-electron chi connectivity index (χ0n) is 11.0. The summed E-state index contributed by atoms with van der Waals surface area (Å²) in [5, 5.41) is 18.4. The van der Waals surface area contributed by atoms with Crippen molar-refractivity contribution < 1.29 is 19.4 Å². The van der Waals surface area contributed by atoms with E-state index in [0.29, 0.717) is 0 Å². The lowest BCUT2D eigenvalue weighted by atomic mass is 10.1. The van der Waals surface area contributed by atoms with Crippen LogP contribution in [0.25, 0.3) is 0 Å². The lowest BCUT2D eigenvalue weighted by molar-refractivity contribution is -0.357. The lowest BCUT2D eigenvalue weighted by Gasteiger charge is -2.09. The maximum Gasteiger partial charge on any atom is 0.399 e. The molecule has 104 valence electrons. The van der Waals surface area contributed by atoms with E-state index in [-0.39, 0.29) is 24.5 Å². The van der Waals surface area contributed by atoms with Gasteiger partial charge in [-0.2, -0.15) is 5.11 Å². The molecular formula is C14H14N2O4. The highest BCUT2D eigenvalue weighted by Gasteiger charge is 2.23. The average Bonchev–Trinajstić information content (AvgIpc) is 2.45. The molecule has 6 heteroatoms. The minimum atomic E-state index is -0.602. The van der Waals surface area contributed by atoms with Crippen molar-refractivity contribution in [2.45, 2.75) is 6.92 Å². The third-order valence-electron chi connectivity index (χ3n) is 2.01. The Morgan fingerprint density at radius 1 is 1.55 bits per heavy atom. The number of carbonyl (C=O) groups is 1. The molecule has 0 aromatic carbocycles. The number of rotatable bonds is 7. The van der Waals surface area contributed by atoms with E-state index in [1.807, 2.05) is 0 Å². The van der Waals surface area contributed by atoms with Gasteiger partial charge in [0.05, 0.1) is 18.2 Å². The number of nitrogens with zero attached hydrogens (tertiary/aromatic N) is 2. The SMILES string of the molecule is C=CCOC(=O)C1=C(N=N/C=C(\[O-])OCC)C=C[C+]=C1. The van der Waals surface area contributed by atoms with Crippen LogP contribution in [0.2, 0.25) is 0 Å². The van der Waals surface area contributed by atoms with Crippen LogP contribution in [0.4, 0.5) is 0 Å². The van der Waals surface area contributed by atoms with Crippen LogP contribution in [0.3, 0.4) is 0 Å². The largest absolute Gasteiger partial charge is 0.612 e. The van der Waals surface area contributed by atoms with E-state index in [0.717, 1.165) is 6.20 Å². The number of hydrogen-bond donors (Lipinski definition) is 0. The number of carbonyl (C=O) groups excluding carboxylic acids is 1. The van der Waals surface area contributed by atoms with Gasteiger partial charge in [-0.1, -0.05) is 19.6 Å². The van der Waals surface area contributed by atoms with E-state index in [4.69, 9.17) is 4.74 Å². The quantitative estimate of drug-likeness (QED) is 0.232. The van der Waals surface area contributed by atoms with E-state index in [9.17, 15) is 9.90 Å². The van der Waals surface area contributed by atoms with Gasteiger partial charge in [0, 0.05) is 6.08 Å². The highest BCUT2D eigenvalue weighted by atomic mass is 16.6. The summed E-state index contributed by atoms with van der Waals surface area (Å²) in [6, 6.07) is 0. The zero-order valence-corrected chi connectivity index (χ0v) is 11.0. The maximum absolute atomic E-state index is 11.7. The summed E-state index contributed by atoms with van der Waals surface area (Å²) in [6.45, 7) is 5.49. The molecule has 6 nitrogen and oxygen atoms in total. The number of hydrogen-bond acceptors (Lipinski definition) is 6. The first-order chi connectivity index (χ1) is 9.69. The summed E-state index contributed by atoms with van der Waals surface area (Å²) in [7, 11) is 0. The van der Waals surface area contributed by atoms with E-state index in [2.05, 4.69) is 27.6 Å². The molecule has 1 aliphatic rings. The van der Waals surface area contributed by atoms with Gasteiger partial charge in [-0.3, -0.25) is 0 Å². The number of allylic oxidation sites excluding steroid dienone is 3. The Morgan fingerprint density at radius 2 is 2.35 bits per heavy atom. The highest BCUT2D eigenvalue weighted by Crippen LogP contribution is 2.16. The van der Waals surface area contributed by atoms with Crippen LogP contribution < -0.4 is 5.11 Å². The molecule has 0 aromatic heterocycles. The van der Waals surface area contributed by atoms with Gasteiger partial charge in [0.25, 0.3) is 0 Å². The molecule has 0 saturated heterocycles. The van der Waals surface area contributed by atoms with Crippen LogP contribution >= 0.6 is 0 Å². The maximum atomic E-state index is 11.7. The second-order valence-corrected chi connectivity index (χ2v) is 3.43. The van der Waals surface area contributed by atoms with E-state index < -0.39 is 11.9 Å². The van der Waals surface area contributed by atoms with Crippen molar-refractivity contribution in [3.05, 3.63) is 60.4 Å². The second-order valence-electron chi connectivity index (χ2n) is 3.43. The number of azo groups is 1. The summed E-state index contributed by atoms with van der Waals surface area (Å²) in [4.78, 5) is 11.7. The average molecular weight is 274 g/mol. The topological polar surface area (TPSA) is 83.3 Å². The molecule has 0 amide bonds. The summed E-state index contributed by atoms with van der Waals surface area (Å²) in [6.07, 6.45) is 9.68. The summed E-state index contributed by atoms with van der Waals surface area (Å²) in [5.74, 6) is -1.17. The van der Waals surface area contributed by atoms with Gasteiger partial charge >= 0.3 is 5.97 Å². The Labute approximate surface area is 117 Å². The van der Waals surface area contributed by atoms with Crippen molar-refractivity contribution in [3.63, 3.8) is 0 Å². The second kappa shape index (κ2) is 8.39. The molecule has 0 atom stereocenters. The lowest BCUT2D eigenvalue weighted by Crippen LogP contribution is -2.09.